The van der Waals surface area contributed by atoms with E-state index in [1.54, 1.807) is 6.92 Å². The SMILES string of the molecule is CC1CCCC(C#N)(C(C)(O)c2ccccc2Br)C1. The van der Waals surface area contributed by atoms with Gasteiger partial charge in [0, 0.05) is 4.47 Å². The quantitative estimate of drug-likeness (QED) is 0.878. The van der Waals surface area contributed by atoms with Crippen LogP contribution in [0.3, 0.4) is 0 Å². The van der Waals surface area contributed by atoms with Crippen LogP contribution in [0.5, 0.6) is 0 Å². The Kier molecular flexibility index (Phi) is 4.03. The third-order valence-electron chi connectivity index (χ3n) is 4.54. The zero-order valence-electron chi connectivity index (χ0n) is 11.5. The Morgan fingerprint density at radius 2 is 2.16 bits per heavy atom. The molecule has 0 aliphatic heterocycles. The molecule has 0 heterocycles. The number of aliphatic hydroxyl groups is 1. The first kappa shape index (κ1) is 14.6. The van der Waals surface area contributed by atoms with Gasteiger partial charge in [-0.05, 0) is 37.3 Å². The van der Waals surface area contributed by atoms with Gasteiger partial charge in [-0.3, -0.25) is 0 Å². The predicted octanol–water partition coefficient (Wildman–Crippen LogP) is 4.38. The van der Waals surface area contributed by atoms with Crippen LogP contribution < -0.4 is 0 Å². The van der Waals surface area contributed by atoms with Crippen molar-refractivity contribution < 1.29 is 5.11 Å². The Labute approximate surface area is 123 Å². The second kappa shape index (κ2) is 5.26. The van der Waals surface area contributed by atoms with Crippen molar-refractivity contribution >= 4 is 15.9 Å². The molecule has 1 fully saturated rings. The van der Waals surface area contributed by atoms with E-state index in [4.69, 9.17) is 0 Å². The average Bonchev–Trinajstić information content (AvgIpc) is 2.38. The normalized spacial score (nSPS) is 30.4. The summed E-state index contributed by atoms with van der Waals surface area (Å²) in [6.45, 7) is 3.95. The van der Waals surface area contributed by atoms with Crippen LogP contribution in [0.25, 0.3) is 0 Å². The van der Waals surface area contributed by atoms with E-state index < -0.39 is 11.0 Å². The van der Waals surface area contributed by atoms with Crippen LogP contribution in [0.15, 0.2) is 28.7 Å². The summed E-state index contributed by atoms with van der Waals surface area (Å²) in [6, 6.07) is 10.1. The summed E-state index contributed by atoms with van der Waals surface area (Å²) < 4.78 is 0.868. The van der Waals surface area contributed by atoms with Gasteiger partial charge in [0.05, 0.1) is 11.5 Å². The third-order valence-corrected chi connectivity index (χ3v) is 5.23. The highest BCUT2D eigenvalue weighted by molar-refractivity contribution is 9.10. The number of nitriles is 1. The highest BCUT2D eigenvalue weighted by Gasteiger charge is 2.51. The maximum absolute atomic E-state index is 11.1. The molecule has 2 nitrogen and oxygen atoms in total. The van der Waals surface area contributed by atoms with Crippen molar-refractivity contribution in [1.29, 1.82) is 5.26 Å². The molecule has 3 heteroatoms. The van der Waals surface area contributed by atoms with Gasteiger partial charge in [-0.25, -0.2) is 0 Å². The summed E-state index contributed by atoms with van der Waals surface area (Å²) in [5.41, 5.74) is -1.00. The molecule has 2 rings (SSSR count). The van der Waals surface area contributed by atoms with Gasteiger partial charge in [-0.15, -0.1) is 0 Å². The van der Waals surface area contributed by atoms with E-state index in [1.165, 1.54) is 0 Å². The zero-order valence-corrected chi connectivity index (χ0v) is 13.1. The molecule has 0 radical (unpaired) electrons. The van der Waals surface area contributed by atoms with E-state index in [9.17, 15) is 10.4 Å². The van der Waals surface area contributed by atoms with Gasteiger partial charge in [0.1, 0.15) is 5.60 Å². The molecule has 0 aromatic heterocycles. The van der Waals surface area contributed by atoms with Crippen LogP contribution in [0.4, 0.5) is 0 Å². The Morgan fingerprint density at radius 3 is 2.74 bits per heavy atom. The highest BCUT2D eigenvalue weighted by Crippen LogP contribution is 2.52. The fraction of sp³-hybridized carbons (Fsp3) is 0.562. The van der Waals surface area contributed by atoms with E-state index in [0.29, 0.717) is 5.92 Å². The molecule has 3 unspecified atom stereocenters. The number of rotatable bonds is 2. The molecule has 102 valence electrons. The van der Waals surface area contributed by atoms with Crippen molar-refractivity contribution in [1.82, 2.24) is 0 Å². The predicted molar refractivity (Wildman–Crippen MR) is 79.4 cm³/mol. The largest absolute Gasteiger partial charge is 0.384 e. The molecular weight excluding hydrogens is 302 g/mol. The molecule has 1 aliphatic rings. The average molecular weight is 322 g/mol. The molecule has 0 spiro atoms. The second-order valence-corrected chi connectivity index (χ2v) is 6.80. The van der Waals surface area contributed by atoms with Crippen molar-refractivity contribution in [2.24, 2.45) is 11.3 Å². The van der Waals surface area contributed by atoms with E-state index in [1.807, 2.05) is 24.3 Å². The van der Waals surface area contributed by atoms with E-state index in [0.717, 1.165) is 35.7 Å². The third kappa shape index (κ3) is 2.44. The lowest BCUT2D eigenvalue weighted by Crippen LogP contribution is -2.45. The Bertz CT molecular complexity index is 506. The van der Waals surface area contributed by atoms with Crippen molar-refractivity contribution in [3.63, 3.8) is 0 Å². The maximum atomic E-state index is 11.1. The number of benzene rings is 1. The molecule has 1 saturated carbocycles. The zero-order chi connectivity index (χ0) is 14.1. The van der Waals surface area contributed by atoms with Crippen molar-refractivity contribution in [3.05, 3.63) is 34.3 Å². The van der Waals surface area contributed by atoms with Gasteiger partial charge in [0.25, 0.3) is 0 Å². The molecule has 0 bridgehead atoms. The van der Waals surface area contributed by atoms with Crippen molar-refractivity contribution in [3.8, 4) is 6.07 Å². The molecule has 1 N–H and O–H groups in total. The van der Waals surface area contributed by atoms with Crippen LogP contribution >= 0.6 is 15.9 Å². The first-order valence-electron chi connectivity index (χ1n) is 6.81. The molecule has 3 atom stereocenters. The number of hydrogen-bond donors (Lipinski definition) is 1. The number of hydrogen-bond acceptors (Lipinski definition) is 2. The summed E-state index contributed by atoms with van der Waals surface area (Å²) in [7, 11) is 0. The fourth-order valence-corrected chi connectivity index (χ4v) is 3.99. The lowest BCUT2D eigenvalue weighted by molar-refractivity contribution is -0.0725. The molecule has 1 aromatic carbocycles. The lowest BCUT2D eigenvalue weighted by Gasteiger charge is -2.45. The van der Waals surface area contributed by atoms with Crippen LogP contribution in [-0.2, 0) is 5.60 Å². The minimum absolute atomic E-state index is 0.488. The van der Waals surface area contributed by atoms with Crippen LogP contribution in [0, 0.1) is 22.7 Å². The molecule has 1 aromatic rings. The van der Waals surface area contributed by atoms with E-state index >= 15 is 0 Å². The minimum Gasteiger partial charge on any atom is -0.384 e. The summed E-state index contributed by atoms with van der Waals surface area (Å²) in [5.74, 6) is 0.488. The standard InChI is InChI=1S/C16H20BrNO/c1-12-6-5-9-16(10-12,11-18)15(2,19)13-7-3-4-8-14(13)17/h3-4,7-8,12,19H,5-6,9-10H2,1-2H3. The molecule has 0 saturated heterocycles. The summed E-state index contributed by atoms with van der Waals surface area (Å²) in [6.07, 6.45) is 3.69. The number of halogens is 1. The van der Waals surface area contributed by atoms with Crippen molar-refractivity contribution in [2.75, 3.05) is 0 Å². The topological polar surface area (TPSA) is 44.0 Å². The lowest BCUT2D eigenvalue weighted by atomic mass is 9.60. The fourth-order valence-electron chi connectivity index (χ4n) is 3.32. The molecule has 1 aliphatic carbocycles. The minimum atomic E-state index is -1.13. The maximum Gasteiger partial charge on any atom is 0.106 e. The molecule has 19 heavy (non-hydrogen) atoms. The van der Waals surface area contributed by atoms with Gasteiger partial charge in [0.15, 0.2) is 0 Å². The Hall–Kier alpha value is -0.850. The van der Waals surface area contributed by atoms with Gasteiger partial charge in [-0.2, -0.15) is 5.26 Å². The summed E-state index contributed by atoms with van der Waals surface area (Å²) >= 11 is 3.50. The monoisotopic (exact) mass is 321 g/mol. The van der Waals surface area contributed by atoms with Crippen molar-refractivity contribution in [2.45, 2.75) is 45.1 Å². The first-order chi connectivity index (χ1) is 8.93. The highest BCUT2D eigenvalue weighted by atomic mass is 79.9. The van der Waals surface area contributed by atoms with Gasteiger partial charge in [0.2, 0.25) is 0 Å². The number of nitrogens with zero attached hydrogens (tertiary/aromatic N) is 1. The van der Waals surface area contributed by atoms with Crippen LogP contribution in [-0.4, -0.2) is 5.11 Å². The summed E-state index contributed by atoms with van der Waals surface area (Å²) in [5, 5.41) is 20.8. The summed E-state index contributed by atoms with van der Waals surface area (Å²) in [4.78, 5) is 0. The Balaban J connectivity index is 2.47. The molecule has 0 amide bonds. The first-order valence-corrected chi connectivity index (χ1v) is 7.61. The second-order valence-electron chi connectivity index (χ2n) is 5.95. The van der Waals surface area contributed by atoms with Crippen LogP contribution in [0.2, 0.25) is 0 Å². The Morgan fingerprint density at radius 1 is 1.47 bits per heavy atom. The van der Waals surface area contributed by atoms with E-state index in [2.05, 4.69) is 28.9 Å². The van der Waals surface area contributed by atoms with Gasteiger partial charge in [-0.1, -0.05) is 53.9 Å². The van der Waals surface area contributed by atoms with Gasteiger partial charge < -0.3 is 5.11 Å². The van der Waals surface area contributed by atoms with E-state index in [-0.39, 0.29) is 0 Å². The van der Waals surface area contributed by atoms with Gasteiger partial charge >= 0.3 is 0 Å². The smallest absolute Gasteiger partial charge is 0.106 e. The van der Waals surface area contributed by atoms with Crippen LogP contribution in [0.1, 0.15) is 45.1 Å². The molecular formula is C16H20BrNO.